The summed E-state index contributed by atoms with van der Waals surface area (Å²) in [5.41, 5.74) is 2.70. The minimum absolute atomic E-state index is 0.0232. The topological polar surface area (TPSA) is 50.3 Å². The molecule has 1 saturated heterocycles. The van der Waals surface area contributed by atoms with E-state index in [1.54, 1.807) is 6.33 Å². The maximum absolute atomic E-state index is 5.40. The zero-order valence-electron chi connectivity index (χ0n) is 14.7. The molecule has 1 aromatic heterocycles. The van der Waals surface area contributed by atoms with Gasteiger partial charge < -0.3 is 15.0 Å². The Bertz CT molecular complexity index is 681. The molecule has 24 heavy (non-hydrogen) atoms. The molecule has 0 unspecified atom stereocenters. The van der Waals surface area contributed by atoms with E-state index in [2.05, 4.69) is 65.2 Å². The molecular weight excluding hydrogens is 300 g/mol. The van der Waals surface area contributed by atoms with Gasteiger partial charge in [0, 0.05) is 31.1 Å². The van der Waals surface area contributed by atoms with E-state index in [0.717, 1.165) is 44.5 Å². The normalized spacial score (nSPS) is 15.4. The summed E-state index contributed by atoms with van der Waals surface area (Å²) in [6, 6.07) is 10.6. The van der Waals surface area contributed by atoms with Crippen molar-refractivity contribution in [3.63, 3.8) is 0 Å². The minimum atomic E-state index is 0.0232. The van der Waals surface area contributed by atoms with Crippen LogP contribution < -0.4 is 10.2 Å². The Labute approximate surface area is 144 Å². The molecule has 1 aliphatic heterocycles. The van der Waals surface area contributed by atoms with Crippen molar-refractivity contribution in [3.05, 3.63) is 47.8 Å². The van der Waals surface area contributed by atoms with Gasteiger partial charge in [0.2, 0.25) is 0 Å². The van der Waals surface area contributed by atoms with Crippen LogP contribution in [0.1, 0.15) is 25.0 Å². The van der Waals surface area contributed by atoms with Crippen LogP contribution >= 0.6 is 0 Å². The lowest BCUT2D eigenvalue weighted by molar-refractivity contribution is 0.122. The van der Waals surface area contributed by atoms with E-state index < -0.39 is 0 Å². The van der Waals surface area contributed by atoms with E-state index >= 15 is 0 Å². The highest BCUT2D eigenvalue weighted by Gasteiger charge is 2.22. The van der Waals surface area contributed by atoms with E-state index in [1.165, 1.54) is 11.1 Å². The quantitative estimate of drug-likeness (QED) is 0.915. The molecule has 1 aromatic carbocycles. The first kappa shape index (κ1) is 16.7. The average Bonchev–Trinajstić information content (AvgIpc) is 2.61. The summed E-state index contributed by atoms with van der Waals surface area (Å²) < 4.78 is 5.40. The number of morpholine rings is 1. The maximum atomic E-state index is 5.40. The van der Waals surface area contributed by atoms with Crippen LogP contribution in [-0.2, 0) is 10.2 Å². The van der Waals surface area contributed by atoms with Gasteiger partial charge in [0.15, 0.2) is 0 Å². The van der Waals surface area contributed by atoms with Gasteiger partial charge in [0.25, 0.3) is 0 Å². The van der Waals surface area contributed by atoms with Crippen molar-refractivity contribution in [1.29, 1.82) is 0 Å². The number of rotatable bonds is 5. The number of aromatic nitrogens is 2. The molecule has 0 saturated carbocycles. The lowest BCUT2D eigenvalue weighted by Gasteiger charge is -2.29. The molecule has 1 fully saturated rings. The molecule has 0 radical (unpaired) electrons. The molecule has 0 bridgehead atoms. The Hall–Kier alpha value is -2.14. The standard InChI is InChI=1S/C19H26N4O/c1-15-6-4-5-7-16(15)19(2,3)13-20-17-12-18(22-14-21-17)23-8-10-24-11-9-23/h4-7,12,14H,8-11,13H2,1-3H3,(H,20,21,22). The summed E-state index contributed by atoms with van der Waals surface area (Å²) in [5, 5.41) is 3.48. The van der Waals surface area contributed by atoms with Crippen molar-refractivity contribution in [3.8, 4) is 0 Å². The van der Waals surface area contributed by atoms with Gasteiger partial charge in [0.05, 0.1) is 13.2 Å². The van der Waals surface area contributed by atoms with Crippen molar-refractivity contribution in [2.45, 2.75) is 26.2 Å². The van der Waals surface area contributed by atoms with Gasteiger partial charge in [-0.3, -0.25) is 0 Å². The zero-order valence-corrected chi connectivity index (χ0v) is 14.7. The summed E-state index contributed by atoms with van der Waals surface area (Å²) >= 11 is 0. The molecule has 5 heteroatoms. The average molecular weight is 326 g/mol. The molecule has 128 valence electrons. The van der Waals surface area contributed by atoms with Gasteiger partial charge in [-0.2, -0.15) is 0 Å². The van der Waals surface area contributed by atoms with Crippen LogP contribution in [0.5, 0.6) is 0 Å². The first-order valence-corrected chi connectivity index (χ1v) is 8.51. The van der Waals surface area contributed by atoms with Gasteiger partial charge in [0.1, 0.15) is 18.0 Å². The third-order valence-electron chi connectivity index (χ3n) is 4.57. The summed E-state index contributed by atoms with van der Waals surface area (Å²) in [5.74, 6) is 1.83. The lowest BCUT2D eigenvalue weighted by atomic mass is 9.82. The second-order valence-corrected chi connectivity index (χ2v) is 6.91. The van der Waals surface area contributed by atoms with Crippen molar-refractivity contribution in [1.82, 2.24) is 9.97 Å². The van der Waals surface area contributed by atoms with Gasteiger partial charge in [-0.1, -0.05) is 38.1 Å². The molecular formula is C19H26N4O. The molecule has 1 aliphatic rings. The fraction of sp³-hybridized carbons (Fsp3) is 0.474. The van der Waals surface area contributed by atoms with Crippen LogP contribution in [-0.4, -0.2) is 42.8 Å². The number of hydrogen-bond donors (Lipinski definition) is 1. The van der Waals surface area contributed by atoms with E-state index in [0.29, 0.717) is 0 Å². The molecule has 1 N–H and O–H groups in total. The molecule has 0 spiro atoms. The fourth-order valence-corrected chi connectivity index (χ4v) is 3.15. The van der Waals surface area contributed by atoms with E-state index in [9.17, 15) is 0 Å². The van der Waals surface area contributed by atoms with E-state index in [1.807, 2.05) is 6.07 Å². The maximum Gasteiger partial charge on any atom is 0.134 e. The highest BCUT2D eigenvalue weighted by Crippen LogP contribution is 2.26. The largest absolute Gasteiger partial charge is 0.378 e. The van der Waals surface area contributed by atoms with E-state index in [4.69, 9.17) is 4.74 Å². The summed E-state index contributed by atoms with van der Waals surface area (Å²) in [4.78, 5) is 11.0. The minimum Gasteiger partial charge on any atom is -0.378 e. The number of nitrogens with one attached hydrogen (secondary N) is 1. The predicted octanol–water partition coefficient (Wildman–Crippen LogP) is 3.01. The third-order valence-corrected chi connectivity index (χ3v) is 4.57. The second kappa shape index (κ2) is 7.18. The number of hydrogen-bond acceptors (Lipinski definition) is 5. The first-order chi connectivity index (χ1) is 11.6. The van der Waals surface area contributed by atoms with Gasteiger partial charge in [-0.05, 0) is 18.1 Å². The summed E-state index contributed by atoms with van der Waals surface area (Å²) in [7, 11) is 0. The molecule has 3 rings (SSSR count). The van der Waals surface area contributed by atoms with Crippen LogP contribution in [0, 0.1) is 6.92 Å². The Morgan fingerprint density at radius 1 is 1.17 bits per heavy atom. The van der Waals surface area contributed by atoms with Crippen LogP contribution in [0.4, 0.5) is 11.6 Å². The van der Waals surface area contributed by atoms with Crippen LogP contribution in [0.3, 0.4) is 0 Å². The van der Waals surface area contributed by atoms with Crippen molar-refractivity contribution in [2.75, 3.05) is 43.1 Å². The highest BCUT2D eigenvalue weighted by molar-refractivity contribution is 5.49. The zero-order chi connectivity index (χ0) is 17.0. The first-order valence-electron chi connectivity index (χ1n) is 8.51. The predicted molar refractivity (Wildman–Crippen MR) is 97.8 cm³/mol. The van der Waals surface area contributed by atoms with Crippen molar-refractivity contribution in [2.24, 2.45) is 0 Å². The molecule has 2 aromatic rings. The Kier molecular flexibility index (Phi) is 5.00. The highest BCUT2D eigenvalue weighted by atomic mass is 16.5. The Morgan fingerprint density at radius 2 is 1.92 bits per heavy atom. The van der Waals surface area contributed by atoms with Crippen molar-refractivity contribution < 1.29 is 4.74 Å². The number of ether oxygens (including phenoxy) is 1. The number of nitrogens with zero attached hydrogens (tertiary/aromatic N) is 3. The SMILES string of the molecule is Cc1ccccc1C(C)(C)CNc1cc(N2CCOCC2)ncn1. The van der Waals surface area contributed by atoms with Crippen LogP contribution in [0.15, 0.2) is 36.7 Å². The smallest absolute Gasteiger partial charge is 0.134 e. The third kappa shape index (κ3) is 3.85. The van der Waals surface area contributed by atoms with Gasteiger partial charge in [-0.15, -0.1) is 0 Å². The van der Waals surface area contributed by atoms with Crippen molar-refractivity contribution >= 4 is 11.6 Å². The monoisotopic (exact) mass is 326 g/mol. The molecule has 0 amide bonds. The molecule has 5 nitrogen and oxygen atoms in total. The summed E-state index contributed by atoms with van der Waals surface area (Å²) in [6.45, 7) is 10.8. The van der Waals surface area contributed by atoms with Crippen LogP contribution in [0.25, 0.3) is 0 Å². The molecule has 0 atom stereocenters. The fourth-order valence-electron chi connectivity index (χ4n) is 3.15. The van der Waals surface area contributed by atoms with E-state index in [-0.39, 0.29) is 5.41 Å². The number of aryl methyl sites for hydroxylation is 1. The molecule has 0 aliphatic carbocycles. The molecule has 2 heterocycles. The lowest BCUT2D eigenvalue weighted by Crippen LogP contribution is -2.36. The summed E-state index contributed by atoms with van der Waals surface area (Å²) in [6.07, 6.45) is 1.63. The number of benzene rings is 1. The van der Waals surface area contributed by atoms with Gasteiger partial charge >= 0.3 is 0 Å². The number of anilines is 2. The Morgan fingerprint density at radius 3 is 2.67 bits per heavy atom. The van der Waals surface area contributed by atoms with Crippen LogP contribution in [0.2, 0.25) is 0 Å². The van der Waals surface area contributed by atoms with Gasteiger partial charge in [-0.25, -0.2) is 9.97 Å². The Balaban J connectivity index is 1.69. The second-order valence-electron chi connectivity index (χ2n) is 6.91.